The number of nitrogens with one attached hydrogen (secondary N) is 1. The fourth-order valence-corrected chi connectivity index (χ4v) is 4.21. The molecule has 3 rings (SSSR count). The van der Waals surface area contributed by atoms with Crippen molar-refractivity contribution in [1.82, 2.24) is 5.32 Å². The van der Waals surface area contributed by atoms with Gasteiger partial charge in [0, 0.05) is 17.5 Å². The van der Waals surface area contributed by atoms with E-state index in [1.54, 1.807) is 43.1 Å². The summed E-state index contributed by atoms with van der Waals surface area (Å²) in [4.78, 5) is 29.4. The highest BCUT2D eigenvalue weighted by atomic mass is 32.2. The van der Waals surface area contributed by atoms with E-state index in [0.29, 0.717) is 11.3 Å². The quantitative estimate of drug-likeness (QED) is 0.217. The molecule has 5 nitrogen and oxygen atoms in total. The number of rotatable bonds is 9. The van der Waals surface area contributed by atoms with E-state index >= 15 is 0 Å². The molecule has 3 aromatic carbocycles. The summed E-state index contributed by atoms with van der Waals surface area (Å²) >= 11 is 1.61. The number of hydrogen-bond acceptors (Lipinski definition) is 4. The van der Waals surface area contributed by atoms with Gasteiger partial charge >= 0.3 is 5.97 Å². The van der Waals surface area contributed by atoms with Crippen LogP contribution in [0.1, 0.15) is 31.8 Å². The maximum atomic E-state index is 12.7. The molecule has 0 bridgehead atoms. The highest BCUT2D eigenvalue weighted by molar-refractivity contribution is 7.98. The Morgan fingerprint density at radius 1 is 1.00 bits per heavy atom. The monoisotopic (exact) mass is 484 g/mol. The van der Waals surface area contributed by atoms with Crippen LogP contribution < -0.4 is 5.32 Å². The molecule has 0 unspecified atom stereocenters. The van der Waals surface area contributed by atoms with Crippen molar-refractivity contribution in [2.75, 3.05) is 19.8 Å². The maximum absolute atomic E-state index is 12.7. The number of nitrogens with zero attached hydrogens (tertiary/aromatic N) is 1. The van der Waals surface area contributed by atoms with Gasteiger partial charge in [0.15, 0.2) is 0 Å². The summed E-state index contributed by atoms with van der Waals surface area (Å²) in [5.41, 5.74) is 6.15. The molecule has 0 aliphatic heterocycles. The lowest BCUT2D eigenvalue weighted by Crippen LogP contribution is -2.29. The van der Waals surface area contributed by atoms with Crippen LogP contribution in [0.15, 0.2) is 95.3 Å². The predicted molar refractivity (Wildman–Crippen MR) is 146 cm³/mol. The predicted octanol–water partition coefficient (Wildman–Crippen LogP) is 6.15. The first-order valence-corrected chi connectivity index (χ1v) is 12.3. The van der Waals surface area contributed by atoms with Gasteiger partial charge in [-0.1, -0.05) is 49.1 Å². The van der Waals surface area contributed by atoms with Crippen molar-refractivity contribution in [2.24, 2.45) is 4.99 Å². The van der Waals surface area contributed by atoms with E-state index in [2.05, 4.69) is 16.9 Å². The van der Waals surface area contributed by atoms with E-state index in [1.807, 2.05) is 67.8 Å². The number of aromatic carboxylic acids is 1. The molecule has 0 fully saturated rings. The third-order valence-corrected chi connectivity index (χ3v) is 6.45. The zero-order chi connectivity index (χ0) is 25.4. The van der Waals surface area contributed by atoms with E-state index in [1.165, 1.54) is 0 Å². The van der Waals surface area contributed by atoms with E-state index in [9.17, 15) is 14.7 Å². The van der Waals surface area contributed by atoms with E-state index in [4.69, 9.17) is 0 Å². The Balaban J connectivity index is 1.80. The molecule has 35 heavy (non-hydrogen) atoms. The van der Waals surface area contributed by atoms with Crippen molar-refractivity contribution >= 4 is 34.9 Å². The Morgan fingerprint density at radius 3 is 2.26 bits per heavy atom. The Labute approximate surface area is 210 Å². The number of allylic oxidation sites excluding steroid dienone is 2. The largest absolute Gasteiger partial charge is 0.478 e. The molecular weight excluding hydrogens is 456 g/mol. The summed E-state index contributed by atoms with van der Waals surface area (Å²) in [6.07, 6.45) is 5.62. The first kappa shape index (κ1) is 25.7. The van der Waals surface area contributed by atoms with Crippen molar-refractivity contribution in [3.8, 4) is 11.1 Å². The molecule has 178 valence electrons. The van der Waals surface area contributed by atoms with E-state index < -0.39 is 5.97 Å². The van der Waals surface area contributed by atoms with Gasteiger partial charge in [-0.15, -0.1) is 11.8 Å². The minimum Gasteiger partial charge on any atom is -0.478 e. The van der Waals surface area contributed by atoms with Gasteiger partial charge < -0.3 is 10.4 Å². The summed E-state index contributed by atoms with van der Waals surface area (Å²) in [6, 6.07) is 20.3. The Hall–Kier alpha value is -3.90. The zero-order valence-electron chi connectivity index (χ0n) is 20.0. The molecule has 0 aromatic heterocycles. The second-order valence-corrected chi connectivity index (χ2v) is 8.70. The second kappa shape index (κ2) is 12.0. The summed E-state index contributed by atoms with van der Waals surface area (Å²) < 4.78 is 0. The van der Waals surface area contributed by atoms with Gasteiger partial charge in [0.1, 0.15) is 0 Å². The zero-order valence-corrected chi connectivity index (χ0v) is 20.9. The molecular formula is C29H28N2O3S. The summed E-state index contributed by atoms with van der Waals surface area (Å²) in [6.45, 7) is 6.24. The standard InChI is InChI=1S/C29H28N2O3S/c1-5-20(21-8-6-9-22(14-21)23-10-7-11-25(15-23)29(33)34)16-26(30-3)18-31-28(32)24-13-12-19(2)27(17-24)35-4/h5-17H,1,18H2,2-4H3,(H,31,32)(H,33,34)/b20-16+,30-26?. The molecule has 2 N–H and O–H groups in total. The molecule has 6 heteroatoms. The van der Waals surface area contributed by atoms with Gasteiger partial charge in [-0.25, -0.2) is 4.79 Å². The Bertz CT molecular complexity index is 1330. The van der Waals surface area contributed by atoms with Crippen LogP contribution in [0.5, 0.6) is 0 Å². The van der Waals surface area contributed by atoms with Gasteiger partial charge in [0.05, 0.1) is 17.8 Å². The van der Waals surface area contributed by atoms with Crippen LogP contribution in [-0.2, 0) is 0 Å². The molecule has 0 spiro atoms. The van der Waals surface area contributed by atoms with Gasteiger partial charge in [0.25, 0.3) is 5.91 Å². The average Bonchev–Trinajstić information content (AvgIpc) is 2.89. The second-order valence-electron chi connectivity index (χ2n) is 7.85. The molecule has 0 aliphatic rings. The van der Waals surface area contributed by atoms with Crippen molar-refractivity contribution in [3.05, 3.63) is 108 Å². The number of carboxylic acids is 1. The van der Waals surface area contributed by atoms with Gasteiger partial charge in [0.2, 0.25) is 0 Å². The minimum absolute atomic E-state index is 0.157. The number of aliphatic imine (C=N–C) groups is 1. The van der Waals surface area contributed by atoms with Gasteiger partial charge in [-0.3, -0.25) is 9.79 Å². The van der Waals surface area contributed by atoms with Crippen LogP contribution in [-0.4, -0.2) is 42.5 Å². The molecule has 0 heterocycles. The number of amides is 1. The van der Waals surface area contributed by atoms with Crippen LogP contribution in [0, 0.1) is 6.92 Å². The highest BCUT2D eigenvalue weighted by Gasteiger charge is 2.10. The van der Waals surface area contributed by atoms with E-state index in [-0.39, 0.29) is 18.0 Å². The number of hydrogen-bond donors (Lipinski definition) is 2. The number of carbonyl (C=O) groups is 2. The third-order valence-electron chi connectivity index (χ3n) is 5.57. The molecule has 0 radical (unpaired) electrons. The first-order chi connectivity index (χ1) is 16.9. The number of carboxylic acid groups (broad SMARTS) is 1. The fourth-order valence-electron chi connectivity index (χ4n) is 3.58. The first-order valence-electron chi connectivity index (χ1n) is 11.0. The van der Waals surface area contributed by atoms with Gasteiger partial charge in [-0.2, -0.15) is 0 Å². The third kappa shape index (κ3) is 6.58. The van der Waals surface area contributed by atoms with E-state index in [0.717, 1.165) is 32.7 Å². The van der Waals surface area contributed by atoms with Crippen LogP contribution in [0.25, 0.3) is 16.7 Å². The van der Waals surface area contributed by atoms with Gasteiger partial charge in [-0.05, 0) is 77.4 Å². The molecule has 3 aromatic rings. The Morgan fingerprint density at radius 2 is 1.66 bits per heavy atom. The lowest BCUT2D eigenvalue weighted by molar-refractivity contribution is 0.0696. The van der Waals surface area contributed by atoms with Crippen LogP contribution >= 0.6 is 11.8 Å². The number of aryl methyl sites for hydroxylation is 1. The number of carbonyl (C=O) groups excluding carboxylic acids is 1. The molecule has 0 aliphatic carbocycles. The minimum atomic E-state index is -0.962. The average molecular weight is 485 g/mol. The lowest BCUT2D eigenvalue weighted by Gasteiger charge is -2.10. The smallest absolute Gasteiger partial charge is 0.335 e. The SMILES string of the molecule is C=C/C(=C\C(CNC(=O)c1ccc(C)c(SC)c1)=NC)c1cccc(-c2cccc(C(=O)O)c2)c1. The summed E-state index contributed by atoms with van der Waals surface area (Å²) in [5.74, 6) is -1.12. The topological polar surface area (TPSA) is 78.8 Å². The number of thioether (sulfide) groups is 1. The fraction of sp³-hybridized carbons (Fsp3) is 0.138. The van der Waals surface area contributed by atoms with Crippen LogP contribution in [0.4, 0.5) is 0 Å². The lowest BCUT2D eigenvalue weighted by atomic mass is 9.97. The summed E-state index contributed by atoms with van der Waals surface area (Å²) in [5, 5.41) is 12.2. The van der Waals surface area contributed by atoms with Crippen molar-refractivity contribution in [1.29, 1.82) is 0 Å². The molecule has 0 saturated carbocycles. The van der Waals surface area contributed by atoms with Crippen LogP contribution in [0.3, 0.4) is 0 Å². The molecule has 1 amide bonds. The van der Waals surface area contributed by atoms with Crippen molar-refractivity contribution in [3.63, 3.8) is 0 Å². The van der Waals surface area contributed by atoms with Crippen molar-refractivity contribution < 1.29 is 14.7 Å². The molecule has 0 saturated heterocycles. The highest BCUT2D eigenvalue weighted by Crippen LogP contribution is 2.25. The summed E-state index contributed by atoms with van der Waals surface area (Å²) in [7, 11) is 1.68. The molecule has 0 atom stereocenters. The normalized spacial score (nSPS) is 11.7. The van der Waals surface area contributed by atoms with Crippen molar-refractivity contribution in [2.45, 2.75) is 11.8 Å². The number of benzene rings is 3. The maximum Gasteiger partial charge on any atom is 0.335 e. The van der Waals surface area contributed by atoms with Crippen LogP contribution in [0.2, 0.25) is 0 Å². The Kier molecular flexibility index (Phi) is 8.81.